The number of nitriles is 1. The Kier molecular flexibility index (Phi) is 15.1. The molecule has 2 heterocycles. The predicted octanol–water partition coefficient (Wildman–Crippen LogP) is 6.70. The third-order valence-electron chi connectivity index (χ3n) is 8.13. The highest BCUT2D eigenvalue weighted by atomic mass is 35.5. The van der Waals surface area contributed by atoms with Crippen molar-refractivity contribution in [3.05, 3.63) is 46.1 Å². The van der Waals surface area contributed by atoms with Crippen molar-refractivity contribution in [2.75, 3.05) is 85.3 Å². The fourth-order valence-corrected chi connectivity index (χ4v) is 5.99. The monoisotopic (exact) mass is 701 g/mol. The molecule has 2 aromatic carbocycles. The molecular weight excluding hydrogens is 657 g/mol. The van der Waals surface area contributed by atoms with E-state index in [0.29, 0.717) is 94.6 Å². The minimum atomic E-state index is 0.239. The van der Waals surface area contributed by atoms with Crippen LogP contribution in [-0.2, 0) is 14.3 Å². The van der Waals surface area contributed by atoms with Crippen molar-refractivity contribution in [1.29, 1.82) is 5.26 Å². The average molecular weight is 703 g/mol. The molecule has 0 spiro atoms. The smallest absolute Gasteiger partial charge is 0.222 e. The molecule has 0 radical (unpaired) electrons. The molecule has 1 saturated heterocycles. The highest BCUT2D eigenvalue weighted by Gasteiger charge is 2.21. The van der Waals surface area contributed by atoms with Crippen molar-refractivity contribution >= 4 is 51.4 Å². The number of amides is 1. The number of aromatic nitrogens is 1. The molecule has 1 aliphatic heterocycles. The molecule has 1 fully saturated rings. The summed E-state index contributed by atoms with van der Waals surface area (Å²) in [6, 6.07) is 9.06. The Morgan fingerprint density at radius 3 is 2.40 bits per heavy atom. The second-order valence-electron chi connectivity index (χ2n) is 11.3. The maximum atomic E-state index is 12.7. The second kappa shape index (κ2) is 19.5. The van der Waals surface area contributed by atoms with Gasteiger partial charge in [0.05, 0.1) is 66.5 Å². The number of hydrogen-bond donors (Lipinski definition) is 1. The van der Waals surface area contributed by atoms with Gasteiger partial charge in [0.15, 0.2) is 11.5 Å². The van der Waals surface area contributed by atoms with Gasteiger partial charge in [0, 0.05) is 76.1 Å². The van der Waals surface area contributed by atoms with Gasteiger partial charge in [0.1, 0.15) is 11.8 Å². The maximum Gasteiger partial charge on any atom is 0.222 e. The van der Waals surface area contributed by atoms with E-state index < -0.39 is 0 Å². The zero-order valence-electron chi connectivity index (χ0n) is 28.0. The number of anilines is 2. The summed E-state index contributed by atoms with van der Waals surface area (Å²) in [6.45, 7) is 9.21. The molecule has 48 heavy (non-hydrogen) atoms. The second-order valence-corrected chi connectivity index (χ2v) is 12.1. The van der Waals surface area contributed by atoms with Gasteiger partial charge in [-0.25, -0.2) is 0 Å². The van der Waals surface area contributed by atoms with E-state index in [0.717, 1.165) is 58.4 Å². The van der Waals surface area contributed by atoms with Gasteiger partial charge in [0.25, 0.3) is 0 Å². The number of benzene rings is 2. The number of pyridine rings is 1. The largest absolute Gasteiger partial charge is 0.495 e. The molecule has 0 saturated carbocycles. The van der Waals surface area contributed by atoms with E-state index in [-0.39, 0.29) is 5.91 Å². The summed E-state index contributed by atoms with van der Waals surface area (Å²) >= 11 is 12.7. The summed E-state index contributed by atoms with van der Waals surface area (Å²) in [5.74, 6) is 1.76. The van der Waals surface area contributed by atoms with Gasteiger partial charge < -0.3 is 33.9 Å². The van der Waals surface area contributed by atoms with E-state index in [1.165, 1.54) is 13.3 Å². The van der Waals surface area contributed by atoms with Gasteiger partial charge in [-0.15, -0.1) is 0 Å². The SMILES string of the molecule is CCOCCOCCCCCC(=O)N1CCN(CCCOc2cc3ncc(C#N)c(Nc4cc(OC)c(Cl)cc4Cl)c3cc2OC)CC1. The first-order chi connectivity index (χ1) is 23.4. The summed E-state index contributed by atoms with van der Waals surface area (Å²) in [6.07, 6.45) is 5.76. The van der Waals surface area contributed by atoms with E-state index in [2.05, 4.69) is 21.3 Å². The standard InChI is InChI=1S/C35H45Cl2N5O6/c1-4-46-17-18-47-15-7-5-6-9-34(43)42-13-11-41(12-14-42)10-8-16-48-33-21-29-26(19-32(33)45-3)35(25(23-38)24-39-29)40-30-22-31(44-2)28(37)20-27(30)36/h19-22,24H,4-18H2,1-3H3,(H,39,40). The first-order valence-electron chi connectivity index (χ1n) is 16.4. The molecule has 11 nitrogen and oxygen atoms in total. The Morgan fingerprint density at radius 2 is 1.67 bits per heavy atom. The van der Waals surface area contributed by atoms with Gasteiger partial charge in [-0.3, -0.25) is 14.7 Å². The Bertz CT molecular complexity index is 1540. The van der Waals surface area contributed by atoms with Crippen molar-refractivity contribution in [3.8, 4) is 23.3 Å². The number of rotatable bonds is 19. The minimum absolute atomic E-state index is 0.239. The minimum Gasteiger partial charge on any atom is -0.495 e. The molecule has 3 aromatic rings. The van der Waals surface area contributed by atoms with E-state index in [4.69, 9.17) is 46.9 Å². The van der Waals surface area contributed by atoms with E-state index in [9.17, 15) is 10.1 Å². The molecular formula is C35H45Cl2N5O6. The number of ether oxygens (including phenoxy) is 5. The van der Waals surface area contributed by atoms with Gasteiger partial charge >= 0.3 is 0 Å². The summed E-state index contributed by atoms with van der Waals surface area (Å²) in [7, 11) is 3.09. The van der Waals surface area contributed by atoms with Crippen LogP contribution in [0.5, 0.6) is 17.2 Å². The Morgan fingerprint density at radius 1 is 0.896 bits per heavy atom. The Hall–Kier alpha value is -3.53. The topological polar surface area (TPSA) is 118 Å². The molecule has 0 bridgehead atoms. The molecule has 1 N–H and O–H groups in total. The van der Waals surface area contributed by atoms with Crippen molar-refractivity contribution < 1.29 is 28.5 Å². The van der Waals surface area contributed by atoms with Crippen LogP contribution in [0.3, 0.4) is 0 Å². The molecule has 0 aliphatic carbocycles. The van der Waals surface area contributed by atoms with Crippen LogP contribution in [0.1, 0.15) is 44.6 Å². The zero-order chi connectivity index (χ0) is 34.3. The fourth-order valence-electron chi connectivity index (χ4n) is 5.48. The molecule has 13 heteroatoms. The van der Waals surface area contributed by atoms with E-state index in [1.807, 2.05) is 17.9 Å². The molecule has 4 rings (SSSR count). The Labute approximate surface area is 292 Å². The van der Waals surface area contributed by atoms with Gasteiger partial charge in [-0.1, -0.05) is 29.6 Å². The molecule has 1 amide bonds. The highest BCUT2D eigenvalue weighted by Crippen LogP contribution is 2.40. The summed E-state index contributed by atoms with van der Waals surface area (Å²) < 4.78 is 28.0. The number of fused-ring (bicyclic) bond motifs is 1. The number of unbranched alkanes of at least 4 members (excludes halogenated alkanes) is 2. The number of nitrogens with one attached hydrogen (secondary N) is 1. The van der Waals surface area contributed by atoms with Crippen LogP contribution >= 0.6 is 23.2 Å². The van der Waals surface area contributed by atoms with Crippen LogP contribution in [-0.4, -0.2) is 101 Å². The molecule has 1 aliphatic rings. The van der Waals surface area contributed by atoms with Crippen LogP contribution in [0.25, 0.3) is 10.9 Å². The molecule has 0 atom stereocenters. The fraction of sp³-hybridized carbons (Fsp3) is 0.514. The van der Waals surface area contributed by atoms with Crippen LogP contribution in [0.15, 0.2) is 30.5 Å². The predicted molar refractivity (Wildman–Crippen MR) is 188 cm³/mol. The lowest BCUT2D eigenvalue weighted by Gasteiger charge is -2.34. The number of methoxy groups -OCH3 is 2. The summed E-state index contributed by atoms with van der Waals surface area (Å²) in [5.41, 5.74) is 2.00. The van der Waals surface area contributed by atoms with E-state index >= 15 is 0 Å². The number of nitrogens with zero attached hydrogens (tertiary/aromatic N) is 4. The highest BCUT2D eigenvalue weighted by molar-refractivity contribution is 6.37. The van der Waals surface area contributed by atoms with Crippen molar-refractivity contribution in [2.45, 2.75) is 39.0 Å². The van der Waals surface area contributed by atoms with E-state index in [1.54, 1.807) is 25.3 Å². The number of piperazine rings is 1. The lowest BCUT2D eigenvalue weighted by Crippen LogP contribution is -2.48. The Balaban J connectivity index is 1.25. The first kappa shape index (κ1) is 37.3. The van der Waals surface area contributed by atoms with Gasteiger partial charge in [-0.2, -0.15) is 5.26 Å². The number of halogens is 2. The molecule has 1 aromatic heterocycles. The molecule has 0 unspecified atom stereocenters. The lowest BCUT2D eigenvalue weighted by molar-refractivity contribution is -0.133. The zero-order valence-corrected chi connectivity index (χ0v) is 29.5. The third kappa shape index (κ3) is 10.5. The van der Waals surface area contributed by atoms with Crippen molar-refractivity contribution in [1.82, 2.24) is 14.8 Å². The maximum absolute atomic E-state index is 12.7. The number of hydrogen-bond acceptors (Lipinski definition) is 10. The van der Waals surface area contributed by atoms with Crippen LogP contribution in [0.2, 0.25) is 10.0 Å². The quantitative estimate of drug-likeness (QED) is 0.135. The lowest BCUT2D eigenvalue weighted by atomic mass is 10.1. The first-order valence-corrected chi connectivity index (χ1v) is 17.1. The van der Waals surface area contributed by atoms with Crippen molar-refractivity contribution in [3.63, 3.8) is 0 Å². The van der Waals surface area contributed by atoms with Gasteiger partial charge in [-0.05, 0) is 38.3 Å². The summed E-state index contributed by atoms with van der Waals surface area (Å²) in [5, 5.41) is 14.5. The van der Waals surface area contributed by atoms with Crippen LogP contribution in [0, 0.1) is 11.3 Å². The van der Waals surface area contributed by atoms with Crippen molar-refractivity contribution in [2.24, 2.45) is 0 Å². The van der Waals surface area contributed by atoms with Crippen LogP contribution < -0.4 is 19.5 Å². The normalized spacial score (nSPS) is 13.4. The summed E-state index contributed by atoms with van der Waals surface area (Å²) in [4.78, 5) is 21.5. The molecule has 260 valence electrons. The van der Waals surface area contributed by atoms with Crippen LogP contribution in [0.4, 0.5) is 11.4 Å². The average Bonchev–Trinajstić information content (AvgIpc) is 3.10. The number of carbonyl (C=O) groups is 1. The number of carbonyl (C=O) groups excluding carboxylic acids is 1. The van der Waals surface area contributed by atoms with Gasteiger partial charge in [0.2, 0.25) is 5.91 Å². The third-order valence-corrected chi connectivity index (χ3v) is 8.74.